The number of benzene rings is 1. The summed E-state index contributed by atoms with van der Waals surface area (Å²) in [5.41, 5.74) is 1.87. The second kappa shape index (κ2) is 10.4. The summed E-state index contributed by atoms with van der Waals surface area (Å²) >= 11 is 1.19. The standard InChI is InChI=1S/C24H31N3O4S2/c1-2-19-6-8-20(9-7-19)24(29)26-16-14-25(15-17-26)22(28)18-21-10-11-23(32-21)33(30,31)27-12-4-3-5-13-27/h6-11H,2-5,12-18H2,1H3. The summed E-state index contributed by atoms with van der Waals surface area (Å²) in [7, 11) is -3.47. The molecule has 0 N–H and O–H groups in total. The van der Waals surface area contributed by atoms with Crippen LogP contribution in [0, 0.1) is 0 Å². The van der Waals surface area contributed by atoms with Gasteiger partial charge in [0.15, 0.2) is 0 Å². The molecule has 2 amide bonds. The van der Waals surface area contributed by atoms with Crippen LogP contribution in [0.3, 0.4) is 0 Å². The molecule has 1 aromatic carbocycles. The number of sulfonamides is 1. The largest absolute Gasteiger partial charge is 0.339 e. The summed E-state index contributed by atoms with van der Waals surface area (Å²) in [5.74, 6) is -0.0336. The number of piperidine rings is 1. The van der Waals surface area contributed by atoms with Crippen molar-refractivity contribution in [1.29, 1.82) is 0 Å². The van der Waals surface area contributed by atoms with E-state index in [1.165, 1.54) is 16.9 Å². The molecule has 3 heterocycles. The minimum Gasteiger partial charge on any atom is -0.339 e. The molecule has 0 saturated carbocycles. The number of rotatable bonds is 6. The molecule has 2 fully saturated rings. The van der Waals surface area contributed by atoms with Gasteiger partial charge in [-0.25, -0.2) is 8.42 Å². The van der Waals surface area contributed by atoms with Gasteiger partial charge in [-0.15, -0.1) is 11.3 Å². The van der Waals surface area contributed by atoms with Crippen molar-refractivity contribution in [1.82, 2.24) is 14.1 Å². The first-order valence-corrected chi connectivity index (χ1v) is 13.9. The predicted octanol–water partition coefficient (Wildman–Crippen LogP) is 3.01. The summed E-state index contributed by atoms with van der Waals surface area (Å²) in [5, 5.41) is 0. The number of hydrogen-bond acceptors (Lipinski definition) is 5. The highest BCUT2D eigenvalue weighted by Gasteiger charge is 2.29. The molecule has 2 aromatic rings. The van der Waals surface area contributed by atoms with Gasteiger partial charge in [0, 0.05) is 49.7 Å². The number of aryl methyl sites for hydroxylation is 1. The number of amides is 2. The number of carbonyl (C=O) groups excluding carboxylic acids is 2. The second-order valence-corrected chi connectivity index (χ2v) is 11.9. The minimum absolute atomic E-state index is 0.00410. The number of thiophene rings is 1. The van der Waals surface area contributed by atoms with Gasteiger partial charge in [0.25, 0.3) is 15.9 Å². The Morgan fingerprint density at radius 1 is 0.848 bits per heavy atom. The van der Waals surface area contributed by atoms with E-state index in [-0.39, 0.29) is 18.2 Å². The van der Waals surface area contributed by atoms with Crippen LogP contribution in [-0.2, 0) is 27.7 Å². The minimum atomic E-state index is -3.47. The average molecular weight is 490 g/mol. The van der Waals surface area contributed by atoms with E-state index in [2.05, 4.69) is 6.92 Å². The molecule has 178 valence electrons. The Kier molecular flexibility index (Phi) is 7.51. The van der Waals surface area contributed by atoms with Crippen molar-refractivity contribution >= 4 is 33.2 Å². The maximum atomic E-state index is 12.8. The molecule has 9 heteroatoms. The Balaban J connectivity index is 1.31. The molecule has 0 bridgehead atoms. The monoisotopic (exact) mass is 489 g/mol. The van der Waals surface area contributed by atoms with Crippen molar-refractivity contribution < 1.29 is 18.0 Å². The first kappa shape index (κ1) is 23.9. The van der Waals surface area contributed by atoms with Crippen LogP contribution in [0.1, 0.15) is 47.0 Å². The van der Waals surface area contributed by atoms with E-state index < -0.39 is 10.0 Å². The molecule has 1 aromatic heterocycles. The Morgan fingerprint density at radius 2 is 1.48 bits per heavy atom. The van der Waals surface area contributed by atoms with Gasteiger partial charge in [0.05, 0.1) is 6.42 Å². The molecule has 2 aliphatic rings. The van der Waals surface area contributed by atoms with Gasteiger partial charge in [0.1, 0.15) is 4.21 Å². The quantitative estimate of drug-likeness (QED) is 0.625. The maximum absolute atomic E-state index is 12.8. The lowest BCUT2D eigenvalue weighted by atomic mass is 10.1. The summed E-state index contributed by atoms with van der Waals surface area (Å²) in [4.78, 5) is 29.9. The van der Waals surface area contributed by atoms with Crippen LogP contribution in [0.5, 0.6) is 0 Å². The van der Waals surface area contributed by atoms with Gasteiger partial charge >= 0.3 is 0 Å². The SMILES string of the molecule is CCc1ccc(C(=O)N2CCN(C(=O)Cc3ccc(S(=O)(=O)N4CCCCC4)s3)CC2)cc1. The first-order valence-electron chi connectivity index (χ1n) is 11.6. The Labute approximate surface area is 200 Å². The third kappa shape index (κ3) is 5.47. The van der Waals surface area contributed by atoms with Crippen LogP contribution < -0.4 is 0 Å². The summed E-state index contributed by atoms with van der Waals surface area (Å²) in [6.45, 7) is 5.19. The zero-order valence-corrected chi connectivity index (χ0v) is 20.7. The lowest BCUT2D eigenvalue weighted by Crippen LogP contribution is -2.50. The van der Waals surface area contributed by atoms with Crippen molar-refractivity contribution in [3.63, 3.8) is 0 Å². The summed E-state index contributed by atoms with van der Waals surface area (Å²) < 4.78 is 27.6. The highest BCUT2D eigenvalue weighted by molar-refractivity contribution is 7.91. The molecule has 7 nitrogen and oxygen atoms in total. The van der Waals surface area contributed by atoms with Crippen LogP contribution in [0.15, 0.2) is 40.6 Å². The average Bonchev–Trinajstić information content (AvgIpc) is 3.33. The fourth-order valence-electron chi connectivity index (χ4n) is 4.31. The number of nitrogens with zero attached hydrogens (tertiary/aromatic N) is 3. The first-order chi connectivity index (χ1) is 15.9. The highest BCUT2D eigenvalue weighted by atomic mass is 32.2. The second-order valence-electron chi connectivity index (χ2n) is 8.59. The van der Waals surface area contributed by atoms with E-state index >= 15 is 0 Å². The van der Waals surface area contributed by atoms with E-state index in [1.807, 2.05) is 24.3 Å². The fourth-order valence-corrected chi connectivity index (χ4v) is 7.33. The van der Waals surface area contributed by atoms with Crippen molar-refractivity contribution in [2.75, 3.05) is 39.3 Å². The van der Waals surface area contributed by atoms with Crippen LogP contribution >= 0.6 is 11.3 Å². The van der Waals surface area contributed by atoms with E-state index in [4.69, 9.17) is 0 Å². The fraction of sp³-hybridized carbons (Fsp3) is 0.500. The third-order valence-electron chi connectivity index (χ3n) is 6.40. The van der Waals surface area contributed by atoms with Gasteiger partial charge in [-0.1, -0.05) is 25.5 Å². The molecular weight excluding hydrogens is 458 g/mol. The molecule has 2 saturated heterocycles. The molecule has 0 unspecified atom stereocenters. The smallest absolute Gasteiger partial charge is 0.253 e. The van der Waals surface area contributed by atoms with E-state index in [0.29, 0.717) is 49.0 Å². The van der Waals surface area contributed by atoms with Crippen LogP contribution in [0.25, 0.3) is 0 Å². The lowest BCUT2D eigenvalue weighted by Gasteiger charge is -2.34. The van der Waals surface area contributed by atoms with Gasteiger partial charge in [-0.05, 0) is 49.1 Å². The molecule has 4 rings (SSSR count). The Hall–Kier alpha value is -2.23. The van der Waals surface area contributed by atoms with E-state index in [1.54, 1.807) is 26.2 Å². The van der Waals surface area contributed by atoms with E-state index in [0.717, 1.165) is 30.6 Å². The predicted molar refractivity (Wildman–Crippen MR) is 129 cm³/mol. The van der Waals surface area contributed by atoms with Gasteiger partial charge in [-0.2, -0.15) is 4.31 Å². The van der Waals surface area contributed by atoms with Crippen molar-refractivity contribution in [3.8, 4) is 0 Å². The highest BCUT2D eigenvalue weighted by Crippen LogP contribution is 2.27. The van der Waals surface area contributed by atoms with Crippen LogP contribution in [0.2, 0.25) is 0 Å². The molecule has 2 aliphatic heterocycles. The van der Waals surface area contributed by atoms with Gasteiger partial charge in [0.2, 0.25) is 5.91 Å². The zero-order chi connectivity index (χ0) is 23.4. The molecule has 0 radical (unpaired) electrons. The van der Waals surface area contributed by atoms with Gasteiger partial charge < -0.3 is 9.80 Å². The van der Waals surface area contributed by atoms with Crippen molar-refractivity contribution in [2.24, 2.45) is 0 Å². The summed E-state index contributed by atoms with van der Waals surface area (Å²) in [6, 6.07) is 11.1. The van der Waals surface area contributed by atoms with Crippen LogP contribution in [-0.4, -0.2) is 73.6 Å². The maximum Gasteiger partial charge on any atom is 0.253 e. The number of carbonyl (C=O) groups is 2. The Bertz CT molecular complexity index is 1080. The molecule has 0 aliphatic carbocycles. The molecule has 33 heavy (non-hydrogen) atoms. The summed E-state index contributed by atoms with van der Waals surface area (Å²) in [6.07, 6.45) is 3.99. The lowest BCUT2D eigenvalue weighted by molar-refractivity contribution is -0.131. The number of piperazine rings is 1. The number of hydrogen-bond donors (Lipinski definition) is 0. The van der Waals surface area contributed by atoms with Crippen LogP contribution in [0.4, 0.5) is 0 Å². The third-order valence-corrected chi connectivity index (χ3v) is 9.85. The molecule has 0 spiro atoms. The molecular formula is C24H31N3O4S2. The van der Waals surface area contributed by atoms with Crippen molar-refractivity contribution in [2.45, 2.75) is 43.2 Å². The topological polar surface area (TPSA) is 78.0 Å². The normalized spacial score (nSPS) is 17.8. The van der Waals surface area contributed by atoms with Gasteiger partial charge in [-0.3, -0.25) is 9.59 Å². The van der Waals surface area contributed by atoms with E-state index in [9.17, 15) is 18.0 Å². The Morgan fingerprint density at radius 3 is 2.12 bits per heavy atom. The van der Waals surface area contributed by atoms with Crippen molar-refractivity contribution in [3.05, 3.63) is 52.4 Å². The molecule has 0 atom stereocenters. The zero-order valence-electron chi connectivity index (χ0n) is 19.0.